The number of carbonyl (C=O) groups excluding carboxylic acids is 11. The molecule has 16 rings (SSSR count). The Hall–Kier alpha value is -17.6. The van der Waals surface area contributed by atoms with Crippen molar-refractivity contribution in [3.05, 3.63) is 308 Å². The number of esters is 11. The van der Waals surface area contributed by atoms with E-state index in [1.165, 1.54) is 42.5 Å². The fourth-order valence-corrected chi connectivity index (χ4v) is 18.2. The van der Waals surface area contributed by atoms with E-state index in [0.717, 1.165) is 135 Å². The topological polar surface area (TPSA) is 464 Å². The van der Waals surface area contributed by atoms with Gasteiger partial charge >= 0.3 is 65.7 Å². The van der Waals surface area contributed by atoms with Gasteiger partial charge in [-0.2, -0.15) is 0 Å². The lowest BCUT2D eigenvalue weighted by Crippen LogP contribution is -2.42. The molecule has 0 fully saturated rings. The molecule has 0 radical (unpaired) electrons. The van der Waals surface area contributed by atoms with Crippen LogP contribution in [0.15, 0.2) is 224 Å². The van der Waals surface area contributed by atoms with Crippen molar-refractivity contribution in [3.63, 3.8) is 0 Å². The summed E-state index contributed by atoms with van der Waals surface area (Å²) in [5, 5.41) is 65.5. The second-order valence-corrected chi connectivity index (χ2v) is 34.3. The lowest BCUT2D eigenvalue weighted by atomic mass is 9.71. The third-order valence-electron chi connectivity index (χ3n) is 23.6. The number of carbonyl (C=O) groups is 11. The van der Waals surface area contributed by atoms with Gasteiger partial charge in [-0.15, -0.1) is 0 Å². The van der Waals surface area contributed by atoms with Gasteiger partial charge in [0.2, 0.25) is 0 Å². The van der Waals surface area contributed by atoms with E-state index in [-0.39, 0.29) is 94.3 Å². The summed E-state index contributed by atoms with van der Waals surface area (Å²) >= 11 is 0. The molecule has 12 aromatic rings. The maximum atomic E-state index is 15.0. The van der Waals surface area contributed by atoms with Crippen LogP contribution >= 0.6 is 0 Å². The highest BCUT2D eigenvalue weighted by Crippen LogP contribution is 2.67. The summed E-state index contributed by atoms with van der Waals surface area (Å²) in [5.74, 6) is -26.9. The zero-order valence-corrected chi connectivity index (χ0v) is 79.7. The average Bonchev–Trinajstić information content (AvgIpc) is 0.697. The largest absolute Gasteiger partial charge is 0.507 e. The van der Waals surface area contributed by atoms with E-state index in [9.17, 15) is 78.3 Å². The molecular formula is C110H96O35. The van der Waals surface area contributed by atoms with Crippen molar-refractivity contribution in [1.82, 2.24) is 0 Å². The molecule has 145 heavy (non-hydrogen) atoms. The molecule has 4 aliphatic rings. The first-order chi connectivity index (χ1) is 69.5. The minimum Gasteiger partial charge on any atom is -0.507 e. The molecule has 0 aliphatic carbocycles. The number of aliphatic hydroxyl groups is 1. The van der Waals surface area contributed by atoms with Gasteiger partial charge in [-0.25, -0.2) is 0 Å². The fraction of sp³-hybridized carbons (Fsp3) is 0.245. The number of aliphatic hydroxyl groups excluding tert-OH is 1. The second kappa shape index (κ2) is 43.2. The molecule has 35 nitrogen and oxygen atoms in total. The van der Waals surface area contributed by atoms with Crippen LogP contribution in [0.25, 0.3) is 0 Å². The Morgan fingerprint density at radius 1 is 0.269 bits per heavy atom. The zero-order chi connectivity index (χ0) is 103. The molecule has 11 atom stereocenters. The Morgan fingerprint density at radius 3 is 1.08 bits per heavy atom. The molecule has 746 valence electrons. The lowest BCUT2D eigenvalue weighted by molar-refractivity contribution is -0.154. The third kappa shape index (κ3) is 22.6. The first kappa shape index (κ1) is 100. The number of aromatic hydroxyl groups is 4. The van der Waals surface area contributed by atoms with Crippen LogP contribution in [-0.2, 0) is 99.8 Å². The number of benzene rings is 12. The zero-order valence-electron chi connectivity index (χ0n) is 79.7. The molecule has 0 saturated carbocycles. The highest BCUT2D eigenvalue weighted by Gasteiger charge is 2.57. The summed E-state index contributed by atoms with van der Waals surface area (Å²) in [6.45, 7) is 10.9. The molecule has 0 amide bonds. The Labute approximate surface area is 828 Å². The average molecular weight is 1980 g/mol. The number of rotatable bonds is 30. The molecule has 4 aliphatic heterocycles. The van der Waals surface area contributed by atoms with E-state index in [0.29, 0.717) is 5.56 Å². The van der Waals surface area contributed by atoms with Crippen molar-refractivity contribution in [2.75, 3.05) is 0 Å². The smallest absolute Gasteiger partial charge is 0.308 e. The van der Waals surface area contributed by atoms with Crippen molar-refractivity contribution in [2.45, 2.75) is 176 Å². The summed E-state index contributed by atoms with van der Waals surface area (Å²) < 4.78 is 124. The minimum absolute atomic E-state index is 0.0123. The Morgan fingerprint density at radius 2 is 0.621 bits per heavy atom. The van der Waals surface area contributed by atoms with Gasteiger partial charge in [-0.05, 0) is 76.3 Å². The number of phenols is 4. The van der Waals surface area contributed by atoms with Gasteiger partial charge in [0.05, 0.1) is 17.8 Å². The van der Waals surface area contributed by atoms with Gasteiger partial charge in [0.1, 0.15) is 108 Å². The predicted molar refractivity (Wildman–Crippen MR) is 507 cm³/mol. The van der Waals surface area contributed by atoms with Crippen LogP contribution in [-0.4, -0.2) is 116 Å². The van der Waals surface area contributed by atoms with Crippen LogP contribution in [0.2, 0.25) is 0 Å². The summed E-state index contributed by atoms with van der Waals surface area (Å²) in [6, 6.07) is 58.0. The second-order valence-electron chi connectivity index (χ2n) is 34.3. The maximum Gasteiger partial charge on any atom is 0.308 e. The Balaban J connectivity index is 1.05. The van der Waals surface area contributed by atoms with E-state index in [1.807, 2.05) is 91.0 Å². The van der Waals surface area contributed by atoms with E-state index in [4.69, 9.17) is 90.0 Å². The van der Waals surface area contributed by atoms with Crippen LogP contribution in [0.1, 0.15) is 202 Å². The quantitative estimate of drug-likeness (QED) is 0.0121. The van der Waals surface area contributed by atoms with Gasteiger partial charge in [0, 0.05) is 169 Å². The number of ether oxygens (including phenoxy) is 19. The van der Waals surface area contributed by atoms with Crippen LogP contribution in [0.3, 0.4) is 0 Å². The number of hydrogen-bond donors (Lipinski definition) is 5. The Kier molecular flexibility index (Phi) is 29.9. The molecule has 35 heteroatoms. The third-order valence-corrected chi connectivity index (χ3v) is 23.6. The summed E-state index contributed by atoms with van der Waals surface area (Å²) in [5.41, 5.74) is -0.379. The Bertz CT molecular complexity index is 7060. The fourth-order valence-electron chi connectivity index (χ4n) is 18.2. The van der Waals surface area contributed by atoms with Crippen LogP contribution in [0.4, 0.5) is 0 Å². The molecule has 0 unspecified atom stereocenters. The highest BCUT2D eigenvalue weighted by molar-refractivity contribution is 5.83. The van der Waals surface area contributed by atoms with Crippen LogP contribution < -0.4 is 75.8 Å². The number of fused-ring (bicyclic) bond motifs is 4. The van der Waals surface area contributed by atoms with Crippen molar-refractivity contribution < 1.29 is 168 Å². The molecule has 0 spiro atoms. The first-order valence-electron chi connectivity index (χ1n) is 45.6. The SMILES string of the molecule is CC(=O)Oc1ccc([C@H]2Oc3c(c(OC(C)=O)cc(OC(C)=O)c3[C@@H]3c4c(O)cc(O)c([C@@H]5c6c(OCc7ccccc7)cc(OCc7ccccc7)cc6O[C@H](c6ccc(OCc7ccccc7)c(OCc7ccccc7)c6)[C@H]5O)c4O[C@H](c4ccc(O)c(O)c4)[C@H]3OC(C)=O)[C@@H](c3c(OC(C)=O)cc(OC(C)=O)c4c3O[C@H](c3ccc(OC(C)=O)c(OC(C)=O)c3)[C@H](OC(C)=O)C4)[C@@H]2OC(C)=O)cc1OC(C)=O. The molecular weight excluding hydrogens is 1880 g/mol. The predicted octanol–water partition coefficient (Wildman–Crippen LogP) is 16.9. The van der Waals surface area contributed by atoms with Crippen LogP contribution in [0.5, 0.6) is 115 Å². The summed E-state index contributed by atoms with van der Waals surface area (Å²) in [7, 11) is 0. The minimum atomic E-state index is -2.24. The maximum absolute atomic E-state index is 15.0. The normalized spacial score (nSPS) is 18.2. The van der Waals surface area contributed by atoms with Gasteiger partial charge < -0.3 is 116 Å². The molecule has 0 saturated heterocycles. The first-order valence-corrected chi connectivity index (χ1v) is 45.6. The van der Waals surface area contributed by atoms with Gasteiger partial charge in [0.15, 0.2) is 82.6 Å². The van der Waals surface area contributed by atoms with E-state index in [2.05, 4.69) is 0 Å². The van der Waals surface area contributed by atoms with Crippen molar-refractivity contribution >= 4 is 65.7 Å². The van der Waals surface area contributed by atoms with E-state index < -0.39 is 247 Å². The highest BCUT2D eigenvalue weighted by atomic mass is 16.6. The van der Waals surface area contributed by atoms with E-state index in [1.54, 1.807) is 48.5 Å². The molecule has 0 aromatic heterocycles. The van der Waals surface area contributed by atoms with Gasteiger partial charge in [0.25, 0.3) is 0 Å². The number of hydrogen-bond acceptors (Lipinski definition) is 35. The standard InChI is InChI=1S/C110H96O35/c1-54(111)131-80-38-34-70(42-84(80)134-57(4)114)102-91(139-62(9)119)46-74-82(133-56(3)113)48-88(136-59(6)116)95(106(74)143-102)100-97-90(138-61(8)118)49-89(137-60(7)117)96(108(97)145-105(110(100)141-64(11)121)72-35-39-81(132-55(2)112)85(43-72)135-58(5)115)99-93-78(125)47-77(124)92(107(93)144-104(109(99)140-63(10)120)69-32-36-75(122)76(123)40-69)98-94-86(130-53-68-30-22-15-23-31-68)44-73(127-50-65-24-16-12-17-25-65)45-87(94)142-103(101(98)126)71-33-37-79(128-51-66-26-18-13-19-27-66)83(41-71)129-52-67-28-20-14-21-29-67/h12-45,47-49,91,98-105,109-110,122-126H,46,50-53H2,1-11H3/t91-,98-,99+,100-,101+,102-,103-,104-,105-,109+,110+/m1/s1. The number of phenolic OH excluding ortho intramolecular Hbond substituents is 4. The van der Waals surface area contributed by atoms with Crippen molar-refractivity contribution in [2.24, 2.45) is 0 Å². The molecule has 12 aromatic carbocycles. The monoisotopic (exact) mass is 1980 g/mol. The van der Waals surface area contributed by atoms with Gasteiger partial charge in [-0.1, -0.05) is 146 Å². The summed E-state index contributed by atoms with van der Waals surface area (Å²) in [4.78, 5) is 154. The van der Waals surface area contributed by atoms with Crippen molar-refractivity contribution in [1.29, 1.82) is 0 Å². The van der Waals surface area contributed by atoms with Crippen molar-refractivity contribution in [3.8, 4) is 115 Å². The van der Waals surface area contributed by atoms with Gasteiger partial charge in [-0.3, -0.25) is 52.7 Å². The lowest BCUT2D eigenvalue weighted by Gasteiger charge is -2.46. The molecule has 4 heterocycles. The molecule has 0 bridgehead atoms. The van der Waals surface area contributed by atoms with Crippen LogP contribution in [0, 0.1) is 0 Å². The summed E-state index contributed by atoms with van der Waals surface area (Å²) in [6.07, 6.45) is -16.1. The van der Waals surface area contributed by atoms with E-state index >= 15 is 0 Å². The molecule has 5 N–H and O–H groups in total.